The average molecular weight is 341 g/mol. The van der Waals surface area contributed by atoms with E-state index in [0.717, 1.165) is 18.4 Å². The van der Waals surface area contributed by atoms with E-state index in [1.54, 1.807) is 6.92 Å². The van der Waals surface area contributed by atoms with Crippen molar-refractivity contribution >= 4 is 18.0 Å². The molecule has 0 radical (unpaired) electrons. The monoisotopic (exact) mass is 341 g/mol. The van der Waals surface area contributed by atoms with E-state index in [4.69, 9.17) is 4.52 Å². The van der Waals surface area contributed by atoms with Gasteiger partial charge in [-0.3, -0.25) is 10.1 Å². The fourth-order valence-corrected chi connectivity index (χ4v) is 3.54. The number of nitrogens with one attached hydrogen (secondary N) is 2. The molecule has 2 aliphatic heterocycles. The van der Waals surface area contributed by atoms with E-state index < -0.39 is 11.6 Å². The van der Waals surface area contributed by atoms with Crippen LogP contribution in [0.15, 0.2) is 34.9 Å². The smallest absolute Gasteiger partial charge is 0.324 e. The van der Waals surface area contributed by atoms with Crippen LogP contribution in [0.4, 0.5) is 10.8 Å². The first-order valence-electron chi connectivity index (χ1n) is 8.34. The first-order valence-corrected chi connectivity index (χ1v) is 8.34. The normalized spacial score (nSPS) is 24.3. The van der Waals surface area contributed by atoms with E-state index in [1.807, 2.05) is 35.2 Å². The first kappa shape index (κ1) is 15.6. The predicted molar refractivity (Wildman–Crippen MR) is 89.8 cm³/mol. The van der Waals surface area contributed by atoms with Crippen LogP contribution in [0, 0.1) is 5.92 Å². The Kier molecular flexibility index (Phi) is 3.67. The second-order valence-electron chi connectivity index (χ2n) is 6.64. The van der Waals surface area contributed by atoms with Crippen molar-refractivity contribution in [2.24, 2.45) is 5.92 Å². The molecule has 1 aromatic heterocycles. The molecular formula is C17H19N5O3. The summed E-state index contributed by atoms with van der Waals surface area (Å²) in [6, 6.07) is 9.73. The van der Waals surface area contributed by atoms with Crippen molar-refractivity contribution in [2.75, 3.05) is 18.0 Å². The van der Waals surface area contributed by atoms with Crippen LogP contribution in [-0.4, -0.2) is 40.7 Å². The van der Waals surface area contributed by atoms with Crippen LogP contribution in [0.3, 0.4) is 0 Å². The summed E-state index contributed by atoms with van der Waals surface area (Å²) in [7, 11) is 0. The number of hydrogen-bond acceptors (Lipinski definition) is 6. The molecule has 2 fully saturated rings. The lowest BCUT2D eigenvalue weighted by Gasteiger charge is -2.37. The van der Waals surface area contributed by atoms with E-state index in [2.05, 4.69) is 20.8 Å². The fraction of sp³-hybridized carbons (Fsp3) is 0.412. The lowest BCUT2D eigenvalue weighted by atomic mass is 9.79. The van der Waals surface area contributed by atoms with Crippen LogP contribution in [0.2, 0.25) is 0 Å². The Hall–Kier alpha value is -2.90. The van der Waals surface area contributed by atoms with Crippen LogP contribution in [-0.2, 0) is 4.79 Å². The molecule has 8 heteroatoms. The Balaban J connectivity index is 1.44. The number of benzene rings is 1. The third-order valence-corrected chi connectivity index (χ3v) is 5.10. The Morgan fingerprint density at radius 3 is 2.56 bits per heavy atom. The molecule has 1 aromatic carbocycles. The van der Waals surface area contributed by atoms with Gasteiger partial charge in [0.05, 0.1) is 0 Å². The number of nitrogens with zero attached hydrogens (tertiary/aromatic N) is 3. The van der Waals surface area contributed by atoms with Crippen LogP contribution >= 0.6 is 0 Å². The molecule has 0 unspecified atom stereocenters. The maximum atomic E-state index is 12.1. The van der Waals surface area contributed by atoms with Gasteiger partial charge in [-0.05, 0) is 25.7 Å². The molecule has 2 saturated heterocycles. The lowest BCUT2D eigenvalue weighted by Crippen LogP contribution is -2.53. The van der Waals surface area contributed by atoms with Crippen LogP contribution in [0.25, 0.3) is 11.4 Å². The first-order chi connectivity index (χ1) is 12.1. The molecule has 25 heavy (non-hydrogen) atoms. The zero-order valence-corrected chi connectivity index (χ0v) is 13.9. The van der Waals surface area contributed by atoms with Crippen molar-refractivity contribution in [1.29, 1.82) is 0 Å². The number of amides is 3. The largest absolute Gasteiger partial charge is 0.324 e. The zero-order valence-electron chi connectivity index (χ0n) is 13.9. The highest BCUT2D eigenvalue weighted by Crippen LogP contribution is 2.32. The van der Waals surface area contributed by atoms with Gasteiger partial charge in [0.15, 0.2) is 0 Å². The molecule has 3 heterocycles. The van der Waals surface area contributed by atoms with Gasteiger partial charge in [-0.15, -0.1) is 0 Å². The van der Waals surface area contributed by atoms with Gasteiger partial charge in [-0.2, -0.15) is 4.98 Å². The standard InChI is InChI=1S/C17H19N5O3/c1-17(14(23)19-15(24)20-17)12-7-9-22(10-8-12)16-18-13(21-25-16)11-5-3-2-4-6-11/h2-6,12H,7-10H2,1H3,(H2,19,20,23,24)/t17-/m1/s1. The van der Waals surface area contributed by atoms with Crippen molar-refractivity contribution in [3.63, 3.8) is 0 Å². The summed E-state index contributed by atoms with van der Waals surface area (Å²) in [4.78, 5) is 30.0. The Morgan fingerprint density at radius 2 is 1.92 bits per heavy atom. The second kappa shape index (κ2) is 5.87. The molecule has 130 valence electrons. The number of piperidine rings is 1. The molecule has 0 spiro atoms. The minimum atomic E-state index is -0.840. The minimum Gasteiger partial charge on any atom is -0.324 e. The summed E-state index contributed by atoms with van der Waals surface area (Å²) in [6.07, 6.45) is 1.51. The summed E-state index contributed by atoms with van der Waals surface area (Å²) in [5.41, 5.74) is 0.0676. The highest BCUT2D eigenvalue weighted by Gasteiger charge is 2.48. The van der Waals surface area contributed by atoms with Crippen molar-refractivity contribution in [1.82, 2.24) is 20.8 Å². The van der Waals surface area contributed by atoms with E-state index in [0.29, 0.717) is 24.9 Å². The lowest BCUT2D eigenvalue weighted by molar-refractivity contribution is -0.125. The van der Waals surface area contributed by atoms with E-state index in [9.17, 15) is 9.59 Å². The highest BCUT2D eigenvalue weighted by molar-refractivity contribution is 6.06. The van der Waals surface area contributed by atoms with Gasteiger partial charge in [0.2, 0.25) is 5.82 Å². The number of anilines is 1. The number of carbonyl (C=O) groups excluding carboxylic acids is 2. The summed E-state index contributed by atoms with van der Waals surface area (Å²) in [5, 5.41) is 9.13. The van der Waals surface area contributed by atoms with Gasteiger partial charge in [0.1, 0.15) is 5.54 Å². The second-order valence-corrected chi connectivity index (χ2v) is 6.64. The van der Waals surface area contributed by atoms with E-state index in [-0.39, 0.29) is 11.8 Å². The molecular weight excluding hydrogens is 322 g/mol. The molecule has 2 N–H and O–H groups in total. The van der Waals surface area contributed by atoms with Crippen molar-refractivity contribution in [3.05, 3.63) is 30.3 Å². The van der Waals surface area contributed by atoms with E-state index in [1.165, 1.54) is 0 Å². The fourth-order valence-electron chi connectivity index (χ4n) is 3.54. The van der Waals surface area contributed by atoms with Gasteiger partial charge in [0, 0.05) is 18.7 Å². The molecule has 3 amide bonds. The maximum Gasteiger partial charge on any atom is 0.324 e. The van der Waals surface area contributed by atoms with Gasteiger partial charge in [-0.25, -0.2) is 4.79 Å². The molecule has 0 bridgehead atoms. The van der Waals surface area contributed by atoms with Crippen LogP contribution in [0.5, 0.6) is 0 Å². The number of rotatable bonds is 3. The third-order valence-electron chi connectivity index (χ3n) is 5.10. The maximum absolute atomic E-state index is 12.1. The Morgan fingerprint density at radius 1 is 1.20 bits per heavy atom. The van der Waals surface area contributed by atoms with Gasteiger partial charge in [0.25, 0.3) is 5.91 Å². The predicted octanol–water partition coefficient (Wildman–Crippen LogP) is 1.55. The SMILES string of the molecule is C[C@]1(C2CCN(c3nc(-c4ccccc4)no3)CC2)NC(=O)NC1=O. The number of carbonyl (C=O) groups is 2. The Labute approximate surface area is 144 Å². The van der Waals surface area contributed by atoms with E-state index >= 15 is 0 Å². The molecule has 0 saturated carbocycles. The van der Waals surface area contributed by atoms with Crippen LogP contribution in [0.1, 0.15) is 19.8 Å². The molecule has 8 nitrogen and oxygen atoms in total. The number of aromatic nitrogens is 2. The topological polar surface area (TPSA) is 100 Å². The number of imide groups is 1. The Bertz CT molecular complexity index is 798. The zero-order chi connectivity index (χ0) is 17.4. The van der Waals surface area contributed by atoms with Crippen molar-refractivity contribution < 1.29 is 14.1 Å². The van der Waals surface area contributed by atoms with Crippen molar-refractivity contribution in [2.45, 2.75) is 25.3 Å². The highest BCUT2D eigenvalue weighted by atomic mass is 16.5. The average Bonchev–Trinajstić information content (AvgIpc) is 3.21. The number of urea groups is 1. The summed E-state index contributed by atoms with van der Waals surface area (Å²) < 4.78 is 5.40. The third kappa shape index (κ3) is 2.73. The summed E-state index contributed by atoms with van der Waals surface area (Å²) in [5.74, 6) is 0.388. The van der Waals surface area contributed by atoms with Crippen molar-refractivity contribution in [3.8, 4) is 11.4 Å². The summed E-state index contributed by atoms with van der Waals surface area (Å²) in [6.45, 7) is 3.17. The van der Waals surface area contributed by atoms with Gasteiger partial charge < -0.3 is 14.7 Å². The molecule has 4 rings (SSSR count). The molecule has 2 aromatic rings. The van der Waals surface area contributed by atoms with Gasteiger partial charge in [-0.1, -0.05) is 35.5 Å². The molecule has 0 aliphatic carbocycles. The quantitative estimate of drug-likeness (QED) is 0.822. The van der Waals surface area contributed by atoms with Crippen LogP contribution < -0.4 is 15.5 Å². The molecule has 1 atom stereocenters. The molecule has 2 aliphatic rings. The minimum absolute atomic E-state index is 0.0757. The summed E-state index contributed by atoms with van der Waals surface area (Å²) >= 11 is 0. The number of hydrogen-bond donors (Lipinski definition) is 2. The van der Waals surface area contributed by atoms with Gasteiger partial charge >= 0.3 is 12.0 Å².